The smallest absolute Gasteiger partial charge is 0.410 e. The number of rotatable bonds is 4. The highest BCUT2D eigenvalue weighted by molar-refractivity contribution is 7.92. The molecule has 1 amide bonds. The average Bonchev–Trinajstić information content (AvgIpc) is 3.04. The second kappa shape index (κ2) is 8.11. The van der Waals surface area contributed by atoms with Crippen LogP contribution in [0.5, 0.6) is 0 Å². The maximum atomic E-state index is 12.9. The van der Waals surface area contributed by atoms with Gasteiger partial charge in [-0.3, -0.25) is 4.79 Å². The number of nitrogens with zero attached hydrogens (tertiary/aromatic N) is 1. The third-order valence-corrected chi connectivity index (χ3v) is 6.92. The molecule has 0 aromatic heterocycles. The van der Waals surface area contributed by atoms with E-state index in [-0.39, 0.29) is 11.4 Å². The van der Waals surface area contributed by atoms with Gasteiger partial charge in [0.2, 0.25) is 0 Å². The van der Waals surface area contributed by atoms with Crippen LogP contribution < -0.4 is 0 Å². The number of carbonyl (C=O) groups is 2. The number of ether oxygens (including phenoxy) is 2. The summed E-state index contributed by atoms with van der Waals surface area (Å²) >= 11 is 0. The molecule has 0 bridgehead atoms. The zero-order valence-electron chi connectivity index (χ0n) is 17.3. The summed E-state index contributed by atoms with van der Waals surface area (Å²) in [4.78, 5) is 26.8. The third-order valence-electron chi connectivity index (χ3n) is 4.69. The SMILES string of the molecule is COC(=O)[C@@H]1CCN(C(=O)OC(C)(C)C)[C@@H]1c1ccccc1S(=O)(=O)C(C)C. The summed E-state index contributed by atoms with van der Waals surface area (Å²) < 4.78 is 36.2. The maximum absolute atomic E-state index is 12.9. The number of methoxy groups -OCH3 is 1. The highest BCUT2D eigenvalue weighted by Gasteiger charge is 2.46. The van der Waals surface area contributed by atoms with Gasteiger partial charge < -0.3 is 14.4 Å². The fourth-order valence-electron chi connectivity index (χ4n) is 3.34. The fourth-order valence-corrected chi connectivity index (χ4v) is 4.63. The Hall–Kier alpha value is -2.09. The van der Waals surface area contributed by atoms with E-state index in [0.717, 1.165) is 0 Å². The van der Waals surface area contributed by atoms with E-state index >= 15 is 0 Å². The van der Waals surface area contributed by atoms with Crippen molar-refractivity contribution in [3.63, 3.8) is 0 Å². The zero-order valence-corrected chi connectivity index (χ0v) is 18.1. The largest absolute Gasteiger partial charge is 0.469 e. The first-order valence-electron chi connectivity index (χ1n) is 9.30. The van der Waals surface area contributed by atoms with Crippen molar-refractivity contribution in [3.8, 4) is 0 Å². The van der Waals surface area contributed by atoms with Crippen LogP contribution in [0.2, 0.25) is 0 Å². The highest BCUT2D eigenvalue weighted by atomic mass is 32.2. The molecule has 0 aliphatic carbocycles. The Morgan fingerprint density at radius 1 is 1.18 bits per heavy atom. The molecule has 1 aromatic rings. The van der Waals surface area contributed by atoms with Gasteiger partial charge in [-0.1, -0.05) is 18.2 Å². The van der Waals surface area contributed by atoms with Gasteiger partial charge in [0.05, 0.1) is 29.2 Å². The molecule has 0 radical (unpaired) electrons. The molecule has 1 aromatic carbocycles. The Kier molecular flexibility index (Phi) is 6.43. The summed E-state index contributed by atoms with van der Waals surface area (Å²) in [6.45, 7) is 8.74. The van der Waals surface area contributed by atoms with Crippen molar-refractivity contribution >= 4 is 21.9 Å². The normalized spacial score (nSPS) is 20.3. The van der Waals surface area contributed by atoms with Gasteiger partial charge >= 0.3 is 12.1 Å². The molecule has 2 rings (SSSR count). The van der Waals surface area contributed by atoms with Crippen LogP contribution in [0.25, 0.3) is 0 Å². The molecular weight excluding hydrogens is 382 g/mol. The number of amides is 1. The van der Waals surface area contributed by atoms with Crippen LogP contribution in [0.4, 0.5) is 4.79 Å². The molecule has 1 aliphatic rings. The topological polar surface area (TPSA) is 90.0 Å². The summed E-state index contributed by atoms with van der Waals surface area (Å²) in [6.07, 6.45) is -0.215. The minimum Gasteiger partial charge on any atom is -0.469 e. The lowest BCUT2D eigenvalue weighted by atomic mass is 9.93. The molecule has 1 aliphatic heterocycles. The van der Waals surface area contributed by atoms with E-state index < -0.39 is 44.7 Å². The van der Waals surface area contributed by atoms with Crippen LogP contribution in [0.15, 0.2) is 29.2 Å². The van der Waals surface area contributed by atoms with Crippen LogP contribution in [-0.2, 0) is 24.1 Å². The van der Waals surface area contributed by atoms with Crippen molar-refractivity contribution in [1.29, 1.82) is 0 Å². The van der Waals surface area contributed by atoms with E-state index in [0.29, 0.717) is 12.0 Å². The highest BCUT2D eigenvalue weighted by Crippen LogP contribution is 2.41. The van der Waals surface area contributed by atoms with Crippen LogP contribution in [0, 0.1) is 5.92 Å². The molecule has 1 saturated heterocycles. The summed E-state index contributed by atoms with van der Waals surface area (Å²) in [5.41, 5.74) is -0.302. The molecule has 0 N–H and O–H groups in total. The summed E-state index contributed by atoms with van der Waals surface area (Å²) in [7, 11) is -2.33. The first-order valence-corrected chi connectivity index (χ1v) is 10.8. The van der Waals surface area contributed by atoms with Gasteiger partial charge in [0, 0.05) is 6.54 Å². The summed E-state index contributed by atoms with van der Waals surface area (Å²) in [6, 6.07) is 5.74. The Morgan fingerprint density at radius 2 is 1.79 bits per heavy atom. The third kappa shape index (κ3) is 4.48. The van der Waals surface area contributed by atoms with Crippen LogP contribution in [0.3, 0.4) is 0 Å². The molecule has 0 saturated carbocycles. The Morgan fingerprint density at radius 3 is 2.32 bits per heavy atom. The van der Waals surface area contributed by atoms with Crippen LogP contribution >= 0.6 is 0 Å². The molecule has 1 fully saturated rings. The van der Waals surface area contributed by atoms with E-state index in [9.17, 15) is 18.0 Å². The lowest BCUT2D eigenvalue weighted by Crippen LogP contribution is -2.38. The zero-order chi connectivity index (χ0) is 21.3. The number of benzene rings is 1. The number of esters is 1. The first kappa shape index (κ1) is 22.2. The second-order valence-corrected chi connectivity index (χ2v) is 10.6. The van der Waals surface area contributed by atoms with Crippen molar-refractivity contribution in [3.05, 3.63) is 29.8 Å². The predicted molar refractivity (Wildman–Crippen MR) is 105 cm³/mol. The number of carbonyl (C=O) groups excluding carboxylic acids is 2. The van der Waals surface area contributed by atoms with E-state index in [1.54, 1.807) is 52.8 Å². The fraction of sp³-hybridized carbons (Fsp3) is 0.600. The number of hydrogen-bond donors (Lipinski definition) is 0. The quantitative estimate of drug-likeness (QED) is 0.706. The predicted octanol–water partition coefficient (Wildman–Crippen LogP) is 3.34. The van der Waals surface area contributed by atoms with E-state index in [4.69, 9.17) is 9.47 Å². The number of likely N-dealkylation sites (tertiary alicyclic amines) is 1. The van der Waals surface area contributed by atoms with Crippen LogP contribution in [-0.4, -0.2) is 49.9 Å². The average molecular weight is 412 g/mol. The molecule has 8 heteroatoms. The van der Waals surface area contributed by atoms with Gasteiger partial charge in [0.1, 0.15) is 5.60 Å². The van der Waals surface area contributed by atoms with Crippen molar-refractivity contribution in [2.75, 3.05) is 13.7 Å². The van der Waals surface area contributed by atoms with E-state index in [1.807, 2.05) is 0 Å². The molecular formula is C20H29NO6S. The molecule has 0 unspecified atom stereocenters. The van der Waals surface area contributed by atoms with Crippen molar-refractivity contribution in [2.45, 2.75) is 62.8 Å². The van der Waals surface area contributed by atoms with Gasteiger partial charge in [-0.2, -0.15) is 0 Å². The van der Waals surface area contributed by atoms with Gasteiger partial charge in [-0.15, -0.1) is 0 Å². The van der Waals surface area contributed by atoms with Crippen molar-refractivity contribution in [2.24, 2.45) is 5.92 Å². The molecule has 2 atom stereocenters. The monoisotopic (exact) mass is 411 g/mol. The molecule has 28 heavy (non-hydrogen) atoms. The molecule has 7 nitrogen and oxygen atoms in total. The number of sulfone groups is 1. The number of hydrogen-bond acceptors (Lipinski definition) is 6. The van der Waals surface area contributed by atoms with Gasteiger partial charge in [0.15, 0.2) is 9.84 Å². The van der Waals surface area contributed by atoms with Crippen LogP contribution in [0.1, 0.15) is 52.6 Å². The summed E-state index contributed by atoms with van der Waals surface area (Å²) in [5.74, 6) is -1.14. The Bertz CT molecular complexity index is 840. The van der Waals surface area contributed by atoms with Gasteiger partial charge in [0.25, 0.3) is 0 Å². The lowest BCUT2D eigenvalue weighted by Gasteiger charge is -2.31. The van der Waals surface area contributed by atoms with Gasteiger partial charge in [-0.25, -0.2) is 13.2 Å². The van der Waals surface area contributed by atoms with Crippen molar-refractivity contribution in [1.82, 2.24) is 4.90 Å². The Labute approximate surface area is 166 Å². The Balaban J connectivity index is 2.59. The standard InChI is InChI=1S/C20H29NO6S/c1-13(2)28(24,25)16-10-8-7-9-14(16)17-15(18(22)26-6)11-12-21(17)19(23)27-20(3,4)5/h7-10,13,15,17H,11-12H2,1-6H3/t15-,17-/m1/s1. The molecule has 1 heterocycles. The minimum absolute atomic E-state index is 0.124. The molecule has 0 spiro atoms. The maximum Gasteiger partial charge on any atom is 0.410 e. The van der Waals surface area contributed by atoms with E-state index in [2.05, 4.69) is 0 Å². The van der Waals surface area contributed by atoms with E-state index in [1.165, 1.54) is 18.1 Å². The molecule has 156 valence electrons. The second-order valence-electron chi connectivity index (χ2n) is 8.17. The first-order chi connectivity index (χ1) is 12.9. The van der Waals surface area contributed by atoms with Gasteiger partial charge in [-0.05, 0) is 52.7 Å². The summed E-state index contributed by atoms with van der Waals surface area (Å²) in [5, 5.41) is -0.637. The lowest BCUT2D eigenvalue weighted by molar-refractivity contribution is -0.146. The minimum atomic E-state index is -3.62. The van der Waals surface area contributed by atoms with Crippen molar-refractivity contribution < 1.29 is 27.5 Å².